The minimum Gasteiger partial charge on any atom is -0.252 e. The Bertz CT molecular complexity index is 1790. The van der Waals surface area contributed by atoms with Gasteiger partial charge in [0.25, 0.3) is 5.65 Å². The normalized spacial score (nSPS) is 12.2. The first-order valence-corrected chi connectivity index (χ1v) is 13.0. The molecular weight excluding hydrogens is 438 g/mol. The van der Waals surface area contributed by atoms with Crippen molar-refractivity contribution in [1.29, 1.82) is 0 Å². The third-order valence-electron chi connectivity index (χ3n) is 7.74. The number of aryl methyl sites for hydroxylation is 3. The van der Waals surface area contributed by atoms with Crippen LogP contribution in [0.3, 0.4) is 0 Å². The fraction of sp³-hybridized carbons (Fsp3) is 0.273. The van der Waals surface area contributed by atoms with Crippen molar-refractivity contribution in [2.75, 3.05) is 0 Å². The molecular formula is C33H34N3+. The van der Waals surface area contributed by atoms with Gasteiger partial charge < -0.3 is 0 Å². The molecule has 0 spiro atoms. The van der Waals surface area contributed by atoms with Crippen LogP contribution < -0.4 is 4.40 Å². The zero-order chi connectivity index (χ0) is 25.3. The zero-order valence-electron chi connectivity index (χ0n) is 22.3. The number of hydrogen-bond acceptors (Lipinski definition) is 1. The molecule has 0 bridgehead atoms. The zero-order valence-corrected chi connectivity index (χ0v) is 22.3. The van der Waals surface area contributed by atoms with Crippen LogP contribution in [0.5, 0.6) is 0 Å². The minimum absolute atomic E-state index is 0.459. The van der Waals surface area contributed by atoms with Gasteiger partial charge in [-0.1, -0.05) is 58.0 Å². The highest BCUT2D eigenvalue weighted by Gasteiger charge is 2.26. The predicted octanol–water partition coefficient (Wildman–Crippen LogP) is 8.15. The molecule has 0 aliphatic rings. The van der Waals surface area contributed by atoms with E-state index in [0.29, 0.717) is 11.8 Å². The van der Waals surface area contributed by atoms with Crippen molar-refractivity contribution in [3.8, 4) is 11.1 Å². The van der Waals surface area contributed by atoms with Crippen molar-refractivity contribution >= 4 is 38.5 Å². The third-order valence-corrected chi connectivity index (χ3v) is 7.74. The van der Waals surface area contributed by atoms with Crippen LogP contribution in [0.2, 0.25) is 0 Å². The number of fused-ring (bicyclic) bond motifs is 8. The fourth-order valence-corrected chi connectivity index (χ4v) is 6.11. The Hall–Kier alpha value is -3.72. The molecule has 0 amide bonds. The van der Waals surface area contributed by atoms with E-state index in [-0.39, 0.29) is 0 Å². The van der Waals surface area contributed by atoms with E-state index in [2.05, 4.69) is 124 Å². The molecule has 0 saturated carbocycles. The lowest BCUT2D eigenvalue weighted by atomic mass is 9.85. The first kappa shape index (κ1) is 22.7. The molecule has 0 atom stereocenters. The van der Waals surface area contributed by atoms with Gasteiger partial charge in [-0.25, -0.2) is 4.57 Å². The Morgan fingerprint density at radius 3 is 2.17 bits per heavy atom. The highest BCUT2D eigenvalue weighted by atomic mass is 15.1. The van der Waals surface area contributed by atoms with Gasteiger partial charge in [0.2, 0.25) is 0 Å². The first-order valence-electron chi connectivity index (χ1n) is 13.0. The van der Waals surface area contributed by atoms with Crippen molar-refractivity contribution in [3.05, 3.63) is 89.1 Å². The van der Waals surface area contributed by atoms with Crippen LogP contribution in [-0.4, -0.2) is 9.55 Å². The first-order chi connectivity index (χ1) is 17.3. The Morgan fingerprint density at radius 1 is 0.778 bits per heavy atom. The summed E-state index contributed by atoms with van der Waals surface area (Å²) in [6, 6.07) is 24.7. The molecule has 0 N–H and O–H groups in total. The van der Waals surface area contributed by atoms with Crippen LogP contribution >= 0.6 is 0 Å². The quantitative estimate of drug-likeness (QED) is 0.188. The molecule has 6 aromatic rings. The lowest BCUT2D eigenvalue weighted by molar-refractivity contribution is -0.449. The van der Waals surface area contributed by atoms with Crippen molar-refractivity contribution in [2.24, 2.45) is 7.05 Å². The summed E-state index contributed by atoms with van der Waals surface area (Å²) in [7, 11) is 2.20. The molecule has 0 saturated heterocycles. The number of hydrogen-bond donors (Lipinski definition) is 0. The maximum atomic E-state index is 5.03. The topological polar surface area (TPSA) is 21.9 Å². The third kappa shape index (κ3) is 3.19. The van der Waals surface area contributed by atoms with Gasteiger partial charge in [0.05, 0.1) is 18.0 Å². The van der Waals surface area contributed by atoms with E-state index < -0.39 is 0 Å². The van der Waals surface area contributed by atoms with E-state index >= 15 is 0 Å². The molecule has 3 aromatic carbocycles. The van der Waals surface area contributed by atoms with Crippen LogP contribution in [0, 0.1) is 13.8 Å². The molecule has 0 aliphatic carbocycles. The molecule has 6 rings (SSSR count). The molecule has 3 heterocycles. The van der Waals surface area contributed by atoms with Gasteiger partial charge in [-0.15, -0.1) is 0 Å². The van der Waals surface area contributed by atoms with Crippen LogP contribution in [0.4, 0.5) is 0 Å². The van der Waals surface area contributed by atoms with Crippen molar-refractivity contribution < 1.29 is 4.40 Å². The number of imidazole rings is 1. The molecule has 0 radical (unpaired) electrons. The second kappa shape index (κ2) is 8.16. The van der Waals surface area contributed by atoms with Gasteiger partial charge in [0.15, 0.2) is 11.0 Å². The van der Waals surface area contributed by atoms with Gasteiger partial charge in [-0.2, -0.15) is 4.40 Å². The van der Waals surface area contributed by atoms with E-state index in [9.17, 15) is 0 Å². The number of nitrogens with zero attached hydrogens (tertiary/aromatic N) is 3. The lowest BCUT2D eigenvalue weighted by Crippen LogP contribution is -2.23. The van der Waals surface area contributed by atoms with Crippen LogP contribution in [0.15, 0.2) is 66.7 Å². The summed E-state index contributed by atoms with van der Waals surface area (Å²) in [6.45, 7) is 13.5. The molecule has 0 fully saturated rings. The monoisotopic (exact) mass is 472 g/mol. The van der Waals surface area contributed by atoms with E-state index in [4.69, 9.17) is 4.98 Å². The van der Waals surface area contributed by atoms with E-state index in [0.717, 1.165) is 11.2 Å². The standard InChI is InChI=1S/C33H34N3/c1-19(2)24-12-10-13-25(20(3)4)31(24)23-15-16-28-29(18-23)35(7)33-30-21(5)17-22(6)34-32(30)26-11-8-9-14-27(26)36(28)33/h8-20H,1-7H3/q+1. The van der Waals surface area contributed by atoms with Gasteiger partial charge in [-0.05, 0) is 89.9 Å². The second-order valence-electron chi connectivity index (χ2n) is 10.9. The number of pyridine rings is 2. The molecule has 0 aliphatic heterocycles. The maximum Gasteiger partial charge on any atom is 0.297 e. The van der Waals surface area contributed by atoms with Crippen LogP contribution in [0.1, 0.15) is 61.9 Å². The van der Waals surface area contributed by atoms with Crippen LogP contribution in [0.25, 0.3) is 49.6 Å². The number of rotatable bonds is 3. The summed E-state index contributed by atoms with van der Waals surface area (Å²) in [5.74, 6) is 0.919. The highest BCUT2D eigenvalue weighted by molar-refractivity contribution is 6.09. The minimum atomic E-state index is 0.459. The Balaban J connectivity index is 1.79. The van der Waals surface area contributed by atoms with Gasteiger partial charge in [-0.3, -0.25) is 4.98 Å². The molecule has 3 nitrogen and oxygen atoms in total. The summed E-state index contributed by atoms with van der Waals surface area (Å²) in [5.41, 5.74) is 13.8. The number of aromatic nitrogens is 3. The average Bonchev–Trinajstić information content (AvgIpc) is 3.15. The Kier molecular flexibility index (Phi) is 5.15. The Morgan fingerprint density at radius 2 is 1.47 bits per heavy atom. The average molecular weight is 473 g/mol. The van der Waals surface area contributed by atoms with E-state index in [1.54, 1.807) is 0 Å². The van der Waals surface area contributed by atoms with Gasteiger partial charge in [0.1, 0.15) is 5.52 Å². The smallest absolute Gasteiger partial charge is 0.252 e. The molecule has 3 aromatic heterocycles. The summed E-state index contributed by atoms with van der Waals surface area (Å²) < 4.78 is 4.79. The molecule has 180 valence electrons. The Labute approximate surface area is 213 Å². The molecule has 3 heteroatoms. The van der Waals surface area contributed by atoms with E-state index in [1.807, 2.05) is 0 Å². The maximum absolute atomic E-state index is 5.03. The molecule has 0 unspecified atom stereocenters. The van der Waals surface area contributed by atoms with E-state index in [1.165, 1.54) is 60.8 Å². The summed E-state index contributed by atoms with van der Waals surface area (Å²) in [6.07, 6.45) is 0. The van der Waals surface area contributed by atoms with Crippen molar-refractivity contribution in [1.82, 2.24) is 9.55 Å². The number of para-hydroxylation sites is 1. The lowest BCUT2D eigenvalue weighted by Gasteiger charge is -2.19. The largest absolute Gasteiger partial charge is 0.297 e. The fourth-order valence-electron chi connectivity index (χ4n) is 6.11. The summed E-state index contributed by atoms with van der Waals surface area (Å²) in [5, 5.41) is 2.42. The highest BCUT2D eigenvalue weighted by Crippen LogP contribution is 2.38. The summed E-state index contributed by atoms with van der Waals surface area (Å²) in [4.78, 5) is 5.03. The predicted molar refractivity (Wildman–Crippen MR) is 152 cm³/mol. The van der Waals surface area contributed by atoms with Crippen molar-refractivity contribution in [2.45, 2.75) is 53.4 Å². The second-order valence-corrected chi connectivity index (χ2v) is 10.9. The van der Waals surface area contributed by atoms with Crippen molar-refractivity contribution in [3.63, 3.8) is 0 Å². The molecule has 36 heavy (non-hydrogen) atoms. The number of benzene rings is 3. The van der Waals surface area contributed by atoms with Gasteiger partial charge in [0, 0.05) is 11.1 Å². The van der Waals surface area contributed by atoms with Crippen LogP contribution in [-0.2, 0) is 7.05 Å². The summed E-state index contributed by atoms with van der Waals surface area (Å²) >= 11 is 0. The van der Waals surface area contributed by atoms with Gasteiger partial charge >= 0.3 is 0 Å². The SMILES string of the molecule is Cc1cc(C)c2c(n1)c1ccccc1[n+]1c3ccc(-c4c(C(C)C)cccc4C(C)C)cc3n(C)c21.